The molecule has 1 aliphatic rings. The molecule has 1 N–H and O–H groups in total. The highest BCUT2D eigenvalue weighted by atomic mass is 16.5. The molecule has 0 spiro atoms. The summed E-state index contributed by atoms with van der Waals surface area (Å²) in [5, 5.41) is 3.39. The largest absolute Gasteiger partial charge is 0.477 e. The van der Waals surface area contributed by atoms with Crippen LogP contribution >= 0.6 is 0 Å². The lowest BCUT2D eigenvalue weighted by atomic mass is 10.1. The first kappa shape index (κ1) is 16.2. The summed E-state index contributed by atoms with van der Waals surface area (Å²) in [6.07, 6.45) is 7.15. The second-order valence-electron chi connectivity index (χ2n) is 6.86. The van der Waals surface area contributed by atoms with Gasteiger partial charge in [-0.05, 0) is 53.6 Å². The number of hydrogen-bond donors (Lipinski definition) is 1. The monoisotopic (exact) mass is 292 g/mol. The van der Waals surface area contributed by atoms with Gasteiger partial charge in [-0.3, -0.25) is 4.98 Å². The minimum Gasteiger partial charge on any atom is -0.477 e. The molecule has 21 heavy (non-hydrogen) atoms. The number of aromatic nitrogens is 2. The van der Waals surface area contributed by atoms with Gasteiger partial charge in [0.25, 0.3) is 0 Å². The van der Waals surface area contributed by atoms with E-state index in [9.17, 15) is 0 Å². The van der Waals surface area contributed by atoms with Crippen molar-refractivity contribution in [2.75, 3.05) is 20.2 Å². The molecule has 1 atom stereocenters. The van der Waals surface area contributed by atoms with Gasteiger partial charge in [0.2, 0.25) is 5.88 Å². The van der Waals surface area contributed by atoms with E-state index in [2.05, 4.69) is 48.0 Å². The third-order valence-corrected chi connectivity index (χ3v) is 3.85. The Morgan fingerprint density at radius 1 is 1.33 bits per heavy atom. The second-order valence-corrected chi connectivity index (χ2v) is 6.86. The van der Waals surface area contributed by atoms with Crippen molar-refractivity contribution in [3.8, 4) is 5.88 Å². The van der Waals surface area contributed by atoms with Crippen molar-refractivity contribution in [3.05, 3.63) is 18.1 Å². The molecule has 2 heterocycles. The Kier molecular flexibility index (Phi) is 5.53. The normalized spacial score (nSPS) is 19.9. The number of nitrogens with zero attached hydrogens (tertiary/aromatic N) is 3. The lowest BCUT2D eigenvalue weighted by Gasteiger charge is -2.20. The first-order valence-corrected chi connectivity index (χ1v) is 7.83. The van der Waals surface area contributed by atoms with E-state index in [1.165, 1.54) is 19.4 Å². The van der Waals surface area contributed by atoms with Crippen LogP contribution < -0.4 is 10.1 Å². The Labute approximate surface area is 128 Å². The van der Waals surface area contributed by atoms with E-state index >= 15 is 0 Å². The molecular formula is C16H28N4O. The molecule has 1 saturated heterocycles. The third-order valence-electron chi connectivity index (χ3n) is 3.85. The SMILES string of the molecule is CN1CCCC1CCOc1cnc(CNC(C)(C)C)cn1. The summed E-state index contributed by atoms with van der Waals surface area (Å²) < 4.78 is 5.70. The van der Waals surface area contributed by atoms with Crippen molar-refractivity contribution in [2.45, 2.75) is 58.2 Å². The molecule has 1 aromatic rings. The fourth-order valence-electron chi connectivity index (χ4n) is 2.51. The number of hydrogen-bond acceptors (Lipinski definition) is 5. The number of rotatable bonds is 6. The second kappa shape index (κ2) is 7.18. The van der Waals surface area contributed by atoms with Crippen molar-refractivity contribution in [3.63, 3.8) is 0 Å². The molecule has 1 aromatic heterocycles. The average Bonchev–Trinajstić information content (AvgIpc) is 2.83. The molecule has 2 rings (SSSR count). The molecule has 0 bridgehead atoms. The number of ether oxygens (including phenoxy) is 1. The van der Waals surface area contributed by atoms with Gasteiger partial charge >= 0.3 is 0 Å². The van der Waals surface area contributed by atoms with E-state index in [0.717, 1.165) is 18.7 Å². The van der Waals surface area contributed by atoms with E-state index in [-0.39, 0.29) is 5.54 Å². The maximum atomic E-state index is 5.70. The summed E-state index contributed by atoms with van der Waals surface area (Å²) in [6, 6.07) is 0.660. The standard InChI is InChI=1S/C16H28N4O/c1-16(2,3)19-11-13-10-18-15(12-17-13)21-9-7-14-6-5-8-20(14)4/h10,12,14,19H,5-9,11H2,1-4H3. The molecule has 5 nitrogen and oxygen atoms in total. The minimum atomic E-state index is 0.0875. The van der Waals surface area contributed by atoms with Gasteiger partial charge in [-0.1, -0.05) is 0 Å². The molecule has 5 heteroatoms. The van der Waals surface area contributed by atoms with E-state index in [4.69, 9.17) is 4.74 Å². The van der Waals surface area contributed by atoms with Gasteiger partial charge in [-0.15, -0.1) is 0 Å². The maximum Gasteiger partial charge on any atom is 0.232 e. The molecule has 0 radical (unpaired) electrons. The summed E-state index contributed by atoms with van der Waals surface area (Å²) in [5.74, 6) is 0.621. The van der Waals surface area contributed by atoms with Crippen LogP contribution in [0.15, 0.2) is 12.4 Å². The molecule has 118 valence electrons. The topological polar surface area (TPSA) is 50.3 Å². The van der Waals surface area contributed by atoms with E-state index in [1.807, 2.05) is 0 Å². The van der Waals surface area contributed by atoms with Crippen LogP contribution in [0, 0.1) is 0 Å². The molecule has 1 unspecified atom stereocenters. The minimum absolute atomic E-state index is 0.0875. The van der Waals surface area contributed by atoms with E-state index in [1.54, 1.807) is 12.4 Å². The Bertz CT molecular complexity index is 427. The first-order chi connectivity index (χ1) is 9.94. The van der Waals surface area contributed by atoms with Crippen molar-refractivity contribution in [2.24, 2.45) is 0 Å². The van der Waals surface area contributed by atoms with Gasteiger partial charge in [0.05, 0.1) is 24.7 Å². The van der Waals surface area contributed by atoms with Crippen LogP contribution in [-0.2, 0) is 6.54 Å². The zero-order valence-electron chi connectivity index (χ0n) is 13.7. The predicted octanol–water partition coefficient (Wildman–Crippen LogP) is 2.23. The van der Waals surface area contributed by atoms with Crippen LogP contribution in [0.2, 0.25) is 0 Å². The maximum absolute atomic E-state index is 5.70. The number of nitrogens with one attached hydrogen (secondary N) is 1. The predicted molar refractivity (Wildman–Crippen MR) is 84.4 cm³/mol. The van der Waals surface area contributed by atoms with Crippen LogP contribution in [0.3, 0.4) is 0 Å². The lowest BCUT2D eigenvalue weighted by Crippen LogP contribution is -2.35. The van der Waals surface area contributed by atoms with Crippen LogP contribution in [-0.4, -0.2) is 46.6 Å². The zero-order chi connectivity index (χ0) is 15.3. The highest BCUT2D eigenvalue weighted by Crippen LogP contribution is 2.18. The molecule has 1 aliphatic heterocycles. The summed E-state index contributed by atoms with van der Waals surface area (Å²) in [7, 11) is 2.19. The first-order valence-electron chi connectivity index (χ1n) is 7.83. The molecule has 0 amide bonds. The third kappa shape index (κ3) is 5.59. The van der Waals surface area contributed by atoms with Gasteiger partial charge in [-0.25, -0.2) is 4.98 Å². The molecule has 0 aliphatic carbocycles. The summed E-state index contributed by atoms with van der Waals surface area (Å²) >= 11 is 0. The highest BCUT2D eigenvalue weighted by Gasteiger charge is 2.20. The van der Waals surface area contributed by atoms with Gasteiger partial charge in [-0.2, -0.15) is 0 Å². The van der Waals surface area contributed by atoms with Gasteiger partial charge in [0.1, 0.15) is 0 Å². The summed E-state index contributed by atoms with van der Waals surface area (Å²) in [4.78, 5) is 11.1. The van der Waals surface area contributed by atoms with Crippen molar-refractivity contribution in [1.29, 1.82) is 0 Å². The quantitative estimate of drug-likeness (QED) is 0.871. The highest BCUT2D eigenvalue weighted by molar-refractivity contribution is 5.07. The van der Waals surface area contributed by atoms with E-state index in [0.29, 0.717) is 18.5 Å². The van der Waals surface area contributed by atoms with Gasteiger partial charge < -0.3 is 15.0 Å². The van der Waals surface area contributed by atoms with Gasteiger partial charge in [0, 0.05) is 18.1 Å². The molecule has 0 saturated carbocycles. The molecular weight excluding hydrogens is 264 g/mol. The Hall–Kier alpha value is -1.20. The fourth-order valence-corrected chi connectivity index (χ4v) is 2.51. The number of likely N-dealkylation sites (tertiary alicyclic amines) is 1. The summed E-state index contributed by atoms with van der Waals surface area (Å²) in [6.45, 7) is 9.06. The van der Waals surface area contributed by atoms with Crippen molar-refractivity contribution >= 4 is 0 Å². The van der Waals surface area contributed by atoms with Crippen LogP contribution in [0.4, 0.5) is 0 Å². The summed E-state index contributed by atoms with van der Waals surface area (Å²) in [5.41, 5.74) is 1.03. The van der Waals surface area contributed by atoms with Crippen LogP contribution in [0.25, 0.3) is 0 Å². The molecule has 1 fully saturated rings. The Morgan fingerprint density at radius 3 is 2.71 bits per heavy atom. The fraction of sp³-hybridized carbons (Fsp3) is 0.750. The average molecular weight is 292 g/mol. The van der Waals surface area contributed by atoms with Gasteiger partial charge in [0.15, 0.2) is 0 Å². The van der Waals surface area contributed by atoms with Crippen molar-refractivity contribution < 1.29 is 4.74 Å². The zero-order valence-corrected chi connectivity index (χ0v) is 13.7. The Balaban J connectivity index is 1.72. The van der Waals surface area contributed by atoms with E-state index < -0.39 is 0 Å². The Morgan fingerprint density at radius 2 is 2.14 bits per heavy atom. The van der Waals surface area contributed by atoms with Crippen LogP contribution in [0.1, 0.15) is 45.7 Å². The smallest absolute Gasteiger partial charge is 0.232 e. The van der Waals surface area contributed by atoms with Crippen molar-refractivity contribution in [1.82, 2.24) is 20.2 Å². The molecule has 0 aromatic carbocycles. The van der Waals surface area contributed by atoms with Crippen LogP contribution in [0.5, 0.6) is 5.88 Å². The lowest BCUT2D eigenvalue weighted by molar-refractivity contribution is 0.228.